The SMILES string of the molecule is CS(=O)(=O)N1N=C(c2ccsc2)C[C@H]1c1ccsc1. The maximum absolute atomic E-state index is 11.9. The van der Waals surface area contributed by atoms with Gasteiger partial charge in [-0.2, -0.15) is 32.2 Å². The number of thiophene rings is 2. The molecule has 0 amide bonds. The van der Waals surface area contributed by atoms with Crippen LogP contribution in [0.3, 0.4) is 0 Å². The van der Waals surface area contributed by atoms with Crippen molar-refractivity contribution >= 4 is 38.4 Å². The molecule has 2 aromatic rings. The zero-order chi connectivity index (χ0) is 13.5. The summed E-state index contributed by atoms with van der Waals surface area (Å²) in [5, 5.41) is 12.2. The van der Waals surface area contributed by atoms with Crippen LogP contribution in [0.1, 0.15) is 23.6 Å². The van der Waals surface area contributed by atoms with Crippen molar-refractivity contribution in [1.82, 2.24) is 4.41 Å². The fourth-order valence-corrected chi connectivity index (χ4v) is 4.39. The van der Waals surface area contributed by atoms with Crippen LogP contribution in [0.2, 0.25) is 0 Å². The minimum absolute atomic E-state index is 0.212. The van der Waals surface area contributed by atoms with E-state index in [1.54, 1.807) is 22.7 Å². The fourth-order valence-electron chi connectivity index (χ4n) is 2.11. The molecule has 1 atom stereocenters. The lowest BCUT2D eigenvalue weighted by molar-refractivity contribution is 0.375. The first-order chi connectivity index (χ1) is 9.05. The summed E-state index contributed by atoms with van der Waals surface area (Å²) >= 11 is 3.15. The number of hydrogen-bond donors (Lipinski definition) is 0. The van der Waals surface area contributed by atoms with E-state index < -0.39 is 10.0 Å². The zero-order valence-corrected chi connectivity index (χ0v) is 12.6. The average molecular weight is 312 g/mol. The van der Waals surface area contributed by atoms with E-state index >= 15 is 0 Å². The molecule has 4 nitrogen and oxygen atoms in total. The van der Waals surface area contributed by atoms with Crippen molar-refractivity contribution in [2.75, 3.05) is 6.26 Å². The van der Waals surface area contributed by atoms with Gasteiger partial charge in [-0.3, -0.25) is 0 Å². The van der Waals surface area contributed by atoms with Crippen LogP contribution in [0, 0.1) is 0 Å². The topological polar surface area (TPSA) is 49.7 Å². The molecule has 3 rings (SSSR count). The standard InChI is InChI=1S/C12H12N2O2S3/c1-19(15,16)14-12(10-3-5-18-8-10)6-11(13-14)9-2-4-17-7-9/h2-5,7-8,12H,6H2,1H3/t12-/m0/s1. The van der Waals surface area contributed by atoms with Crippen molar-refractivity contribution in [2.24, 2.45) is 5.10 Å². The minimum Gasteiger partial charge on any atom is -0.205 e. The smallest absolute Gasteiger partial charge is 0.205 e. The van der Waals surface area contributed by atoms with E-state index in [4.69, 9.17) is 0 Å². The van der Waals surface area contributed by atoms with Crippen molar-refractivity contribution in [3.05, 3.63) is 44.8 Å². The Morgan fingerprint density at radius 1 is 1.26 bits per heavy atom. The molecular formula is C12H12N2O2S3. The van der Waals surface area contributed by atoms with Crippen LogP contribution in [0.5, 0.6) is 0 Å². The van der Waals surface area contributed by atoms with E-state index in [9.17, 15) is 8.42 Å². The molecular weight excluding hydrogens is 300 g/mol. The van der Waals surface area contributed by atoms with Gasteiger partial charge >= 0.3 is 0 Å². The van der Waals surface area contributed by atoms with E-state index in [2.05, 4.69) is 5.10 Å². The van der Waals surface area contributed by atoms with Crippen molar-refractivity contribution in [2.45, 2.75) is 12.5 Å². The molecule has 19 heavy (non-hydrogen) atoms. The molecule has 1 aliphatic heterocycles. The third kappa shape index (κ3) is 2.45. The van der Waals surface area contributed by atoms with Crippen LogP contribution in [0.4, 0.5) is 0 Å². The molecule has 0 aliphatic carbocycles. The van der Waals surface area contributed by atoms with Gasteiger partial charge in [0.1, 0.15) is 0 Å². The Hall–Kier alpha value is -1.18. The fraction of sp³-hybridized carbons (Fsp3) is 0.250. The maximum Gasteiger partial charge on any atom is 0.247 e. The number of rotatable bonds is 3. The van der Waals surface area contributed by atoms with E-state index in [-0.39, 0.29) is 6.04 Å². The second-order valence-corrected chi connectivity index (χ2v) is 7.77. The Bertz CT molecular complexity index is 687. The van der Waals surface area contributed by atoms with Gasteiger partial charge in [0.2, 0.25) is 10.0 Å². The highest BCUT2D eigenvalue weighted by Gasteiger charge is 2.34. The van der Waals surface area contributed by atoms with Gasteiger partial charge in [0.05, 0.1) is 18.0 Å². The van der Waals surface area contributed by atoms with E-state index in [0.29, 0.717) is 6.42 Å². The van der Waals surface area contributed by atoms with E-state index in [1.165, 1.54) is 10.7 Å². The molecule has 2 aromatic heterocycles. The first-order valence-corrected chi connectivity index (χ1v) is 9.40. The number of hydrazone groups is 1. The second kappa shape index (κ2) is 4.73. The third-order valence-electron chi connectivity index (χ3n) is 2.99. The van der Waals surface area contributed by atoms with Gasteiger partial charge in [0.15, 0.2) is 0 Å². The maximum atomic E-state index is 11.9. The van der Waals surface area contributed by atoms with Crippen molar-refractivity contribution in [3.8, 4) is 0 Å². The summed E-state index contributed by atoms with van der Waals surface area (Å²) in [5.74, 6) is 0. The Balaban J connectivity index is 2.00. The Morgan fingerprint density at radius 2 is 2.00 bits per heavy atom. The lowest BCUT2D eigenvalue weighted by Crippen LogP contribution is -2.25. The highest BCUT2D eigenvalue weighted by molar-refractivity contribution is 7.88. The summed E-state index contributed by atoms with van der Waals surface area (Å²) < 4.78 is 25.0. The average Bonchev–Trinajstić information content (AvgIpc) is 3.09. The van der Waals surface area contributed by atoms with E-state index in [0.717, 1.165) is 16.8 Å². The molecule has 0 saturated carbocycles. The van der Waals surface area contributed by atoms with Gasteiger partial charge in [0.25, 0.3) is 0 Å². The first-order valence-electron chi connectivity index (χ1n) is 5.67. The Labute approximate surface area is 120 Å². The monoisotopic (exact) mass is 312 g/mol. The number of hydrogen-bond acceptors (Lipinski definition) is 5. The summed E-state index contributed by atoms with van der Waals surface area (Å²) in [6.07, 6.45) is 1.83. The highest BCUT2D eigenvalue weighted by atomic mass is 32.2. The lowest BCUT2D eigenvalue weighted by Gasteiger charge is -2.20. The Kier molecular flexibility index (Phi) is 3.20. The second-order valence-electron chi connectivity index (χ2n) is 4.37. The summed E-state index contributed by atoms with van der Waals surface area (Å²) in [5.41, 5.74) is 2.85. The lowest BCUT2D eigenvalue weighted by atomic mass is 10.0. The molecule has 3 heterocycles. The van der Waals surface area contributed by atoms with E-state index in [1.807, 2.05) is 33.7 Å². The Morgan fingerprint density at radius 3 is 2.58 bits per heavy atom. The third-order valence-corrected chi connectivity index (χ3v) is 5.40. The predicted molar refractivity (Wildman–Crippen MR) is 79.2 cm³/mol. The molecule has 0 radical (unpaired) electrons. The van der Waals surface area contributed by atoms with Crippen LogP contribution in [-0.2, 0) is 10.0 Å². The highest BCUT2D eigenvalue weighted by Crippen LogP contribution is 2.35. The van der Waals surface area contributed by atoms with Gasteiger partial charge in [-0.1, -0.05) is 0 Å². The predicted octanol–water partition coefficient (Wildman–Crippen LogP) is 2.92. The van der Waals surface area contributed by atoms with Crippen LogP contribution < -0.4 is 0 Å². The van der Waals surface area contributed by atoms with Crippen molar-refractivity contribution in [1.29, 1.82) is 0 Å². The first kappa shape index (κ1) is 12.8. The van der Waals surface area contributed by atoms with Crippen LogP contribution in [-0.4, -0.2) is 24.8 Å². The van der Waals surface area contributed by atoms with Gasteiger partial charge < -0.3 is 0 Å². The zero-order valence-electron chi connectivity index (χ0n) is 10.2. The molecule has 0 unspecified atom stereocenters. The summed E-state index contributed by atoms with van der Waals surface area (Å²) in [6.45, 7) is 0. The molecule has 0 aromatic carbocycles. The van der Waals surface area contributed by atoms with Gasteiger partial charge in [-0.25, -0.2) is 8.42 Å². The number of sulfonamides is 1. The van der Waals surface area contributed by atoms with Crippen LogP contribution in [0.25, 0.3) is 0 Å². The summed E-state index contributed by atoms with van der Waals surface area (Å²) in [7, 11) is -3.35. The quantitative estimate of drug-likeness (QED) is 0.875. The molecule has 0 bridgehead atoms. The molecule has 1 aliphatic rings. The largest absolute Gasteiger partial charge is 0.247 e. The van der Waals surface area contributed by atoms with Crippen LogP contribution in [0.15, 0.2) is 38.8 Å². The molecule has 0 saturated heterocycles. The molecule has 0 spiro atoms. The normalized spacial score (nSPS) is 19.7. The van der Waals surface area contributed by atoms with Crippen molar-refractivity contribution in [3.63, 3.8) is 0 Å². The molecule has 0 fully saturated rings. The number of nitrogens with zero attached hydrogens (tertiary/aromatic N) is 2. The molecule has 7 heteroatoms. The van der Waals surface area contributed by atoms with Crippen LogP contribution >= 0.6 is 22.7 Å². The minimum atomic E-state index is -3.35. The van der Waals surface area contributed by atoms with Gasteiger partial charge in [0, 0.05) is 12.0 Å². The van der Waals surface area contributed by atoms with Gasteiger partial charge in [-0.05, 0) is 39.2 Å². The summed E-state index contributed by atoms with van der Waals surface area (Å²) in [6, 6.07) is 3.72. The molecule has 100 valence electrons. The molecule has 0 N–H and O–H groups in total. The van der Waals surface area contributed by atoms with Crippen molar-refractivity contribution < 1.29 is 8.42 Å². The van der Waals surface area contributed by atoms with Gasteiger partial charge in [-0.15, -0.1) is 0 Å². The summed E-state index contributed by atoms with van der Waals surface area (Å²) in [4.78, 5) is 0.